The Morgan fingerprint density at radius 3 is 2.63 bits per heavy atom. The van der Waals surface area contributed by atoms with Gasteiger partial charge in [0, 0.05) is 19.6 Å². The van der Waals surface area contributed by atoms with E-state index in [1.165, 1.54) is 32.1 Å². The Bertz CT molecular complexity index is 422. The van der Waals surface area contributed by atoms with Crippen LogP contribution in [0.5, 0.6) is 0 Å². The summed E-state index contributed by atoms with van der Waals surface area (Å²) in [4.78, 5) is 2.50. The second kappa shape index (κ2) is 5.85. The minimum atomic E-state index is 0.381. The van der Waals surface area contributed by atoms with E-state index in [-0.39, 0.29) is 0 Å². The fourth-order valence-corrected chi connectivity index (χ4v) is 3.20. The Balaban J connectivity index is 2.38. The van der Waals surface area contributed by atoms with Crippen molar-refractivity contribution in [1.29, 1.82) is 0 Å². The zero-order valence-corrected chi connectivity index (χ0v) is 12.8. The molecule has 0 spiro atoms. The van der Waals surface area contributed by atoms with Gasteiger partial charge >= 0.3 is 0 Å². The first-order chi connectivity index (χ1) is 9.06. The summed E-state index contributed by atoms with van der Waals surface area (Å²) in [5, 5.41) is 4.63. The average molecular weight is 264 g/mol. The molecule has 1 unspecified atom stereocenters. The number of hydrogen-bond donors (Lipinski definition) is 1. The summed E-state index contributed by atoms with van der Waals surface area (Å²) < 4.78 is 1.98. The molecule has 19 heavy (non-hydrogen) atoms. The van der Waals surface area contributed by atoms with E-state index in [0.29, 0.717) is 12.0 Å². The van der Waals surface area contributed by atoms with Crippen molar-refractivity contribution in [2.45, 2.75) is 64.8 Å². The van der Waals surface area contributed by atoms with Gasteiger partial charge in [-0.15, -0.1) is 0 Å². The highest BCUT2D eigenvalue weighted by atomic mass is 15.4. The van der Waals surface area contributed by atoms with Crippen molar-refractivity contribution in [3.63, 3.8) is 0 Å². The Hall–Kier alpha value is -1.19. The highest BCUT2D eigenvalue weighted by molar-refractivity contribution is 5.67. The van der Waals surface area contributed by atoms with Crippen LogP contribution in [0.15, 0.2) is 0 Å². The molecule has 4 nitrogen and oxygen atoms in total. The molecule has 1 atom stereocenters. The molecule has 1 aliphatic heterocycles. The van der Waals surface area contributed by atoms with Gasteiger partial charge in [-0.25, -0.2) is 0 Å². The summed E-state index contributed by atoms with van der Waals surface area (Å²) in [7, 11) is 2.02. The zero-order valence-electron chi connectivity index (χ0n) is 12.8. The molecule has 0 aromatic carbocycles. The molecule has 4 heteroatoms. The molecule has 1 fully saturated rings. The van der Waals surface area contributed by atoms with Gasteiger partial charge < -0.3 is 10.6 Å². The summed E-state index contributed by atoms with van der Waals surface area (Å²) in [6, 6.07) is 0.611. The fraction of sp³-hybridized carbons (Fsp3) is 0.800. The number of hydrogen-bond acceptors (Lipinski definition) is 3. The summed E-state index contributed by atoms with van der Waals surface area (Å²) in [6.07, 6.45) is 6.39. The first-order valence-electron chi connectivity index (χ1n) is 7.65. The lowest BCUT2D eigenvalue weighted by Crippen LogP contribution is -2.36. The Morgan fingerprint density at radius 1 is 1.32 bits per heavy atom. The molecular weight excluding hydrogens is 236 g/mol. The largest absolute Gasteiger partial charge is 0.394 e. The van der Waals surface area contributed by atoms with Gasteiger partial charge in [-0.3, -0.25) is 4.68 Å². The molecule has 1 saturated heterocycles. The molecule has 2 heterocycles. The molecule has 0 bridgehead atoms. The lowest BCUT2D eigenvalue weighted by molar-refractivity contribution is 0.541. The SMILES string of the molecule is CCC1CCCCCN1c1c(N)c(C(C)C)nn1C. The minimum Gasteiger partial charge on any atom is -0.394 e. The van der Waals surface area contributed by atoms with Gasteiger partial charge in [-0.2, -0.15) is 5.10 Å². The quantitative estimate of drug-likeness (QED) is 0.911. The number of anilines is 2. The summed E-state index contributed by atoms with van der Waals surface area (Å²) in [5.74, 6) is 1.52. The average Bonchev–Trinajstić information content (AvgIpc) is 2.55. The van der Waals surface area contributed by atoms with Crippen LogP contribution in [0.25, 0.3) is 0 Å². The monoisotopic (exact) mass is 264 g/mol. The number of nitrogens with zero attached hydrogens (tertiary/aromatic N) is 3. The van der Waals surface area contributed by atoms with Crippen molar-refractivity contribution < 1.29 is 0 Å². The molecule has 0 radical (unpaired) electrons. The van der Waals surface area contributed by atoms with Crippen LogP contribution in [0.4, 0.5) is 11.5 Å². The second-order valence-electron chi connectivity index (χ2n) is 6.01. The third kappa shape index (κ3) is 2.72. The molecule has 1 aromatic heterocycles. The van der Waals surface area contributed by atoms with Crippen LogP contribution < -0.4 is 10.6 Å². The van der Waals surface area contributed by atoms with E-state index in [2.05, 4.69) is 30.8 Å². The summed E-state index contributed by atoms with van der Waals surface area (Å²) >= 11 is 0. The van der Waals surface area contributed by atoms with Crippen molar-refractivity contribution in [2.75, 3.05) is 17.2 Å². The summed E-state index contributed by atoms with van der Waals surface area (Å²) in [6.45, 7) is 7.70. The van der Waals surface area contributed by atoms with Crippen molar-refractivity contribution in [3.8, 4) is 0 Å². The number of nitrogens with two attached hydrogens (primary N) is 1. The maximum atomic E-state index is 6.38. The van der Waals surface area contributed by atoms with Crippen LogP contribution in [0.3, 0.4) is 0 Å². The van der Waals surface area contributed by atoms with Crippen molar-refractivity contribution in [1.82, 2.24) is 9.78 Å². The third-order valence-electron chi connectivity index (χ3n) is 4.25. The van der Waals surface area contributed by atoms with Crippen molar-refractivity contribution in [3.05, 3.63) is 5.69 Å². The van der Waals surface area contributed by atoms with Crippen LogP contribution in [-0.4, -0.2) is 22.4 Å². The van der Waals surface area contributed by atoms with Gasteiger partial charge in [0.05, 0.1) is 11.4 Å². The third-order valence-corrected chi connectivity index (χ3v) is 4.25. The maximum absolute atomic E-state index is 6.38. The van der Waals surface area contributed by atoms with Gasteiger partial charge in [0.25, 0.3) is 0 Å². The Kier molecular flexibility index (Phi) is 4.38. The molecule has 0 saturated carbocycles. The first-order valence-corrected chi connectivity index (χ1v) is 7.65. The highest BCUT2D eigenvalue weighted by Crippen LogP contribution is 2.34. The van der Waals surface area contributed by atoms with E-state index >= 15 is 0 Å². The van der Waals surface area contributed by atoms with Crippen LogP contribution in [-0.2, 0) is 7.05 Å². The van der Waals surface area contributed by atoms with Crippen LogP contribution >= 0.6 is 0 Å². The molecule has 1 aromatic rings. The number of aromatic nitrogens is 2. The van der Waals surface area contributed by atoms with Crippen LogP contribution in [0.2, 0.25) is 0 Å². The van der Waals surface area contributed by atoms with Gasteiger partial charge in [0.2, 0.25) is 0 Å². The normalized spacial score (nSPS) is 20.9. The van der Waals surface area contributed by atoms with E-state index < -0.39 is 0 Å². The number of nitrogen functional groups attached to an aromatic ring is 1. The van der Waals surface area contributed by atoms with Crippen molar-refractivity contribution in [2.24, 2.45) is 7.05 Å². The van der Waals surface area contributed by atoms with Gasteiger partial charge in [0.1, 0.15) is 0 Å². The van der Waals surface area contributed by atoms with Crippen molar-refractivity contribution >= 4 is 11.5 Å². The van der Waals surface area contributed by atoms with E-state index in [0.717, 1.165) is 23.7 Å². The molecule has 0 aliphatic carbocycles. The lowest BCUT2D eigenvalue weighted by atomic mass is 10.1. The topological polar surface area (TPSA) is 47.1 Å². The van der Waals surface area contributed by atoms with Gasteiger partial charge in [-0.1, -0.05) is 33.6 Å². The molecule has 108 valence electrons. The van der Waals surface area contributed by atoms with E-state index in [1.54, 1.807) is 0 Å². The lowest BCUT2D eigenvalue weighted by Gasteiger charge is -2.31. The van der Waals surface area contributed by atoms with Crippen LogP contribution in [0.1, 0.15) is 64.5 Å². The number of rotatable bonds is 3. The molecule has 1 aliphatic rings. The van der Waals surface area contributed by atoms with E-state index in [1.807, 2.05) is 11.7 Å². The standard InChI is InChI=1S/C15H28N4/c1-5-12-9-7-6-8-10-19(12)15-13(16)14(11(2)3)17-18(15)4/h11-12H,5-10,16H2,1-4H3. The van der Waals surface area contributed by atoms with Gasteiger partial charge in [-0.05, 0) is 25.2 Å². The van der Waals surface area contributed by atoms with Crippen LogP contribution in [0, 0.1) is 0 Å². The maximum Gasteiger partial charge on any atom is 0.150 e. The predicted octanol–water partition coefficient (Wildman–Crippen LogP) is 3.28. The number of aryl methyl sites for hydroxylation is 1. The summed E-state index contributed by atoms with van der Waals surface area (Å²) in [5.41, 5.74) is 8.30. The minimum absolute atomic E-state index is 0.381. The predicted molar refractivity (Wildman–Crippen MR) is 81.6 cm³/mol. The zero-order chi connectivity index (χ0) is 14.0. The highest BCUT2D eigenvalue weighted by Gasteiger charge is 2.26. The second-order valence-corrected chi connectivity index (χ2v) is 6.01. The van der Waals surface area contributed by atoms with E-state index in [9.17, 15) is 0 Å². The molecular formula is C15H28N4. The Morgan fingerprint density at radius 2 is 2.05 bits per heavy atom. The van der Waals surface area contributed by atoms with E-state index in [4.69, 9.17) is 5.73 Å². The molecule has 2 N–H and O–H groups in total. The first kappa shape index (κ1) is 14.2. The smallest absolute Gasteiger partial charge is 0.150 e. The molecule has 0 amide bonds. The van der Waals surface area contributed by atoms with Gasteiger partial charge in [0.15, 0.2) is 5.82 Å². The molecule has 2 rings (SSSR count). The fourth-order valence-electron chi connectivity index (χ4n) is 3.20. The Labute approximate surface area is 117 Å².